The topological polar surface area (TPSA) is 34.1 Å². The maximum Gasteiger partial charge on any atom is 0.182 e. The molecule has 0 amide bonds. The van der Waals surface area contributed by atoms with Gasteiger partial charge < -0.3 is 0 Å². The predicted octanol–water partition coefficient (Wildman–Crippen LogP) is 2.25. The second-order valence-corrected chi connectivity index (χ2v) is 3.70. The minimum atomic E-state index is -0.120. The quantitative estimate of drug-likeness (QED) is 0.551. The molecule has 1 rings (SSSR count). The van der Waals surface area contributed by atoms with Crippen molar-refractivity contribution in [2.75, 3.05) is 11.8 Å². The predicted molar refractivity (Wildman–Crippen MR) is 56.9 cm³/mol. The van der Waals surface area contributed by atoms with E-state index in [0.717, 1.165) is 0 Å². The van der Waals surface area contributed by atoms with E-state index in [2.05, 4.69) is 0 Å². The molecule has 0 aliphatic heterocycles. The van der Waals surface area contributed by atoms with Gasteiger partial charge in [-0.05, 0) is 25.0 Å². The van der Waals surface area contributed by atoms with Gasteiger partial charge in [0, 0.05) is 22.9 Å². The van der Waals surface area contributed by atoms with Gasteiger partial charge >= 0.3 is 0 Å². The first-order chi connectivity index (χ1) is 6.69. The summed E-state index contributed by atoms with van der Waals surface area (Å²) in [6, 6.07) is 0. The van der Waals surface area contributed by atoms with E-state index in [-0.39, 0.29) is 11.6 Å². The fourth-order valence-corrected chi connectivity index (χ4v) is 1.65. The molecule has 0 bridgehead atoms. The first-order valence-corrected chi connectivity index (χ1v) is 5.37. The van der Waals surface area contributed by atoms with E-state index in [1.807, 2.05) is 0 Å². The van der Waals surface area contributed by atoms with Crippen molar-refractivity contribution < 1.29 is 9.59 Å². The number of allylic oxidation sites excluding steroid dienone is 4. The first kappa shape index (κ1) is 11.5. The van der Waals surface area contributed by atoms with E-state index >= 15 is 0 Å². The molecule has 0 fully saturated rings. The molecule has 0 saturated heterocycles. The Labute approximate surface area is 92.6 Å². The van der Waals surface area contributed by atoms with Crippen molar-refractivity contribution in [2.24, 2.45) is 0 Å². The SMILES string of the molecule is O=C1C=C(CCCl)C(=O)C=C1CCCl. The minimum Gasteiger partial charge on any atom is -0.290 e. The maximum absolute atomic E-state index is 11.4. The Morgan fingerprint density at radius 1 is 0.857 bits per heavy atom. The summed E-state index contributed by atoms with van der Waals surface area (Å²) < 4.78 is 0. The van der Waals surface area contributed by atoms with Crippen LogP contribution in [-0.2, 0) is 9.59 Å². The van der Waals surface area contributed by atoms with Gasteiger partial charge in [-0.1, -0.05) is 0 Å². The summed E-state index contributed by atoms with van der Waals surface area (Å²) in [7, 11) is 0. The van der Waals surface area contributed by atoms with Crippen molar-refractivity contribution in [2.45, 2.75) is 12.8 Å². The molecule has 0 aromatic rings. The van der Waals surface area contributed by atoms with E-state index in [1.165, 1.54) is 12.2 Å². The molecule has 1 aliphatic carbocycles. The lowest BCUT2D eigenvalue weighted by Gasteiger charge is -2.09. The highest BCUT2D eigenvalue weighted by Gasteiger charge is 2.18. The molecule has 2 nitrogen and oxygen atoms in total. The third-order valence-corrected chi connectivity index (χ3v) is 2.35. The Morgan fingerprint density at radius 2 is 1.21 bits per heavy atom. The smallest absolute Gasteiger partial charge is 0.182 e. The second kappa shape index (κ2) is 5.32. The summed E-state index contributed by atoms with van der Waals surface area (Å²) in [6.07, 6.45) is 3.62. The van der Waals surface area contributed by atoms with E-state index < -0.39 is 0 Å². The van der Waals surface area contributed by atoms with Crippen LogP contribution in [0.5, 0.6) is 0 Å². The Hall–Kier alpha value is -0.600. The van der Waals surface area contributed by atoms with Crippen LogP contribution >= 0.6 is 23.2 Å². The number of alkyl halides is 2. The molecule has 0 saturated carbocycles. The van der Waals surface area contributed by atoms with Crippen LogP contribution in [0.15, 0.2) is 23.3 Å². The van der Waals surface area contributed by atoms with Crippen LogP contribution in [0, 0.1) is 0 Å². The number of hydrogen-bond acceptors (Lipinski definition) is 2. The second-order valence-electron chi connectivity index (χ2n) is 2.95. The van der Waals surface area contributed by atoms with Gasteiger partial charge in [0.2, 0.25) is 0 Å². The molecule has 0 aromatic heterocycles. The Morgan fingerprint density at radius 3 is 1.50 bits per heavy atom. The zero-order valence-electron chi connectivity index (χ0n) is 7.56. The van der Waals surface area contributed by atoms with Gasteiger partial charge in [-0.15, -0.1) is 23.2 Å². The van der Waals surface area contributed by atoms with E-state index in [9.17, 15) is 9.59 Å². The summed E-state index contributed by atoms with van der Waals surface area (Å²) in [5.74, 6) is 0.461. The van der Waals surface area contributed by atoms with Crippen molar-refractivity contribution in [3.8, 4) is 0 Å². The normalized spacial score (nSPS) is 16.7. The third-order valence-electron chi connectivity index (χ3n) is 1.97. The van der Waals surface area contributed by atoms with Gasteiger partial charge in [-0.2, -0.15) is 0 Å². The number of carbonyl (C=O) groups is 2. The highest BCUT2D eigenvalue weighted by atomic mass is 35.5. The van der Waals surface area contributed by atoms with Crippen LogP contribution in [0.25, 0.3) is 0 Å². The molecular weight excluding hydrogens is 223 g/mol. The average Bonchev–Trinajstić information content (AvgIpc) is 2.14. The molecule has 14 heavy (non-hydrogen) atoms. The molecule has 0 N–H and O–H groups in total. The Kier molecular flexibility index (Phi) is 4.36. The van der Waals surface area contributed by atoms with Crippen LogP contribution in [0.3, 0.4) is 0 Å². The molecule has 0 radical (unpaired) electrons. The molecule has 76 valence electrons. The van der Waals surface area contributed by atoms with Crippen molar-refractivity contribution in [1.29, 1.82) is 0 Å². The standard InChI is InChI=1S/C10H10Cl2O2/c11-3-1-7-5-10(14)8(2-4-12)6-9(7)13/h5-6H,1-4H2. The molecule has 0 spiro atoms. The number of rotatable bonds is 4. The molecule has 4 heteroatoms. The zero-order valence-corrected chi connectivity index (χ0v) is 9.07. The lowest BCUT2D eigenvalue weighted by atomic mass is 9.94. The van der Waals surface area contributed by atoms with Crippen LogP contribution in [0.1, 0.15) is 12.8 Å². The highest BCUT2D eigenvalue weighted by Crippen LogP contribution is 2.17. The summed E-state index contributed by atoms with van der Waals surface area (Å²) in [5, 5.41) is 0. The van der Waals surface area contributed by atoms with Gasteiger partial charge in [0.05, 0.1) is 0 Å². The average molecular weight is 233 g/mol. The fourth-order valence-electron chi connectivity index (χ4n) is 1.24. The van der Waals surface area contributed by atoms with Gasteiger partial charge in [0.25, 0.3) is 0 Å². The van der Waals surface area contributed by atoms with Crippen molar-refractivity contribution in [3.63, 3.8) is 0 Å². The number of ketones is 2. The summed E-state index contributed by atoms with van der Waals surface area (Å²) in [6.45, 7) is 0. The van der Waals surface area contributed by atoms with Crippen LogP contribution in [-0.4, -0.2) is 23.3 Å². The van der Waals surface area contributed by atoms with E-state index in [4.69, 9.17) is 23.2 Å². The molecule has 0 heterocycles. The molecule has 0 aromatic carbocycles. The zero-order chi connectivity index (χ0) is 10.6. The lowest BCUT2D eigenvalue weighted by Crippen LogP contribution is -2.13. The minimum absolute atomic E-state index is 0.120. The van der Waals surface area contributed by atoms with Crippen LogP contribution < -0.4 is 0 Å². The van der Waals surface area contributed by atoms with Crippen LogP contribution in [0.2, 0.25) is 0 Å². The van der Waals surface area contributed by atoms with Gasteiger partial charge in [0.15, 0.2) is 11.6 Å². The summed E-state index contributed by atoms with van der Waals surface area (Å²) in [5.41, 5.74) is 0.978. The van der Waals surface area contributed by atoms with Crippen molar-refractivity contribution in [3.05, 3.63) is 23.3 Å². The maximum atomic E-state index is 11.4. The number of carbonyl (C=O) groups excluding carboxylic acids is 2. The number of halogens is 2. The summed E-state index contributed by atoms with van der Waals surface area (Å²) >= 11 is 11.0. The van der Waals surface area contributed by atoms with Crippen molar-refractivity contribution >= 4 is 34.8 Å². The molecule has 1 aliphatic rings. The molecular formula is C10H10Cl2O2. The summed E-state index contributed by atoms with van der Waals surface area (Å²) in [4.78, 5) is 22.8. The molecule has 0 unspecified atom stereocenters. The van der Waals surface area contributed by atoms with E-state index in [0.29, 0.717) is 35.7 Å². The molecule has 0 atom stereocenters. The van der Waals surface area contributed by atoms with Gasteiger partial charge in [-0.25, -0.2) is 0 Å². The first-order valence-electron chi connectivity index (χ1n) is 4.30. The largest absolute Gasteiger partial charge is 0.290 e. The van der Waals surface area contributed by atoms with Gasteiger partial charge in [0.1, 0.15) is 0 Å². The number of hydrogen-bond donors (Lipinski definition) is 0. The van der Waals surface area contributed by atoms with Crippen LogP contribution in [0.4, 0.5) is 0 Å². The van der Waals surface area contributed by atoms with E-state index in [1.54, 1.807) is 0 Å². The fraction of sp³-hybridized carbons (Fsp3) is 0.400. The monoisotopic (exact) mass is 232 g/mol. The van der Waals surface area contributed by atoms with Crippen molar-refractivity contribution in [1.82, 2.24) is 0 Å². The lowest BCUT2D eigenvalue weighted by molar-refractivity contribution is -0.115. The third kappa shape index (κ3) is 2.69. The van der Waals surface area contributed by atoms with Gasteiger partial charge in [-0.3, -0.25) is 9.59 Å². The highest BCUT2D eigenvalue weighted by molar-refractivity contribution is 6.23. The Balaban J connectivity index is 2.79. The Bertz CT molecular complexity index is 284.